The molecule has 1 spiro atoms. The van der Waals surface area contributed by atoms with E-state index in [-0.39, 0.29) is 11.4 Å². The van der Waals surface area contributed by atoms with E-state index < -0.39 is 0 Å². The van der Waals surface area contributed by atoms with Crippen LogP contribution >= 0.6 is 0 Å². The Labute approximate surface area is 157 Å². The summed E-state index contributed by atoms with van der Waals surface area (Å²) in [5.74, 6) is 0.150. The molecule has 0 amide bonds. The highest BCUT2D eigenvalue weighted by molar-refractivity contribution is 5.69. The van der Waals surface area contributed by atoms with Gasteiger partial charge in [-0.15, -0.1) is 0 Å². The number of nitrogens with one attached hydrogen (secondary N) is 2. The number of aryl methyl sites for hydroxylation is 1. The minimum Gasteiger partial charge on any atom is -0.484 e. The lowest BCUT2D eigenvalue weighted by Gasteiger charge is -2.42. The highest BCUT2D eigenvalue weighted by atomic mass is 19.1. The fraction of sp³-hybridized carbons (Fsp3) is 0.350. The summed E-state index contributed by atoms with van der Waals surface area (Å²) < 4.78 is 23.0. The zero-order valence-corrected chi connectivity index (χ0v) is 15.0. The number of hydrogen-bond acceptors (Lipinski definition) is 5. The maximum atomic E-state index is 15.0. The molecule has 0 radical (unpaired) electrons. The van der Waals surface area contributed by atoms with E-state index in [1.165, 1.54) is 0 Å². The lowest BCUT2D eigenvalue weighted by atomic mass is 9.83. The van der Waals surface area contributed by atoms with Gasteiger partial charge in [0.05, 0.1) is 5.70 Å². The van der Waals surface area contributed by atoms with Gasteiger partial charge in [0.2, 0.25) is 0 Å². The molecule has 0 unspecified atom stereocenters. The number of fused-ring (bicyclic) bond motifs is 1. The van der Waals surface area contributed by atoms with Crippen molar-refractivity contribution in [3.8, 4) is 5.75 Å². The van der Waals surface area contributed by atoms with Gasteiger partial charge in [0.1, 0.15) is 11.9 Å². The van der Waals surface area contributed by atoms with Gasteiger partial charge >= 0.3 is 0 Å². The van der Waals surface area contributed by atoms with Crippen LogP contribution in [0, 0.1) is 5.82 Å². The summed E-state index contributed by atoms with van der Waals surface area (Å²) in [5, 5.41) is 5.15. The Morgan fingerprint density at radius 2 is 2.07 bits per heavy atom. The monoisotopic (exact) mass is 367 g/mol. The van der Waals surface area contributed by atoms with E-state index in [0.717, 1.165) is 55.6 Å². The van der Waals surface area contributed by atoms with Gasteiger partial charge in [-0.25, -0.2) is 14.1 Å². The average molecular weight is 367 g/mol. The second kappa shape index (κ2) is 6.42. The second-order valence-corrected chi connectivity index (χ2v) is 7.30. The van der Waals surface area contributed by atoms with Crippen LogP contribution in [-0.2, 0) is 6.42 Å². The molecule has 3 aliphatic heterocycles. The standard InChI is InChI=1S/C20H22FN5O/c21-17-13-16(18-2-1-10-26(24-18)25-11-9-23-14-25)12-15-3-4-20(27-19(15)17)5-7-22-8-6-20/h1-2,9-14,22,24H,3-8H2. The largest absolute Gasteiger partial charge is 0.484 e. The fourth-order valence-corrected chi connectivity index (χ4v) is 4.06. The van der Waals surface area contributed by atoms with E-state index in [9.17, 15) is 4.39 Å². The van der Waals surface area contributed by atoms with Gasteiger partial charge in [-0.1, -0.05) is 0 Å². The van der Waals surface area contributed by atoms with Gasteiger partial charge in [-0.2, -0.15) is 5.12 Å². The van der Waals surface area contributed by atoms with E-state index >= 15 is 0 Å². The Hall–Kier alpha value is -2.80. The molecular formula is C20H22FN5O. The third-order valence-corrected chi connectivity index (χ3v) is 5.58. The Bertz CT molecular complexity index is 899. The number of ether oxygens (including phenoxy) is 1. The molecule has 0 bridgehead atoms. The van der Waals surface area contributed by atoms with Crippen LogP contribution in [0.4, 0.5) is 4.39 Å². The Morgan fingerprint density at radius 1 is 1.19 bits per heavy atom. The van der Waals surface area contributed by atoms with Crippen molar-refractivity contribution in [2.24, 2.45) is 0 Å². The molecule has 27 heavy (non-hydrogen) atoms. The second-order valence-electron chi connectivity index (χ2n) is 7.30. The van der Waals surface area contributed by atoms with Crippen LogP contribution in [-0.4, -0.2) is 28.4 Å². The van der Waals surface area contributed by atoms with Crippen molar-refractivity contribution >= 4 is 5.70 Å². The number of imidazole rings is 1. The summed E-state index contributed by atoms with van der Waals surface area (Å²) in [4.78, 5) is 4.06. The third-order valence-electron chi connectivity index (χ3n) is 5.58. The Balaban J connectivity index is 1.42. The molecule has 1 aromatic carbocycles. The molecule has 4 heterocycles. The molecule has 0 saturated carbocycles. The Morgan fingerprint density at radius 3 is 2.89 bits per heavy atom. The normalized spacial score (nSPS) is 20.6. The maximum Gasteiger partial charge on any atom is 0.166 e. The van der Waals surface area contributed by atoms with Crippen LogP contribution in [0.2, 0.25) is 0 Å². The Kier molecular flexibility index (Phi) is 3.89. The van der Waals surface area contributed by atoms with Crippen molar-refractivity contribution in [1.82, 2.24) is 20.4 Å². The predicted molar refractivity (Wildman–Crippen MR) is 101 cm³/mol. The summed E-state index contributed by atoms with van der Waals surface area (Å²) in [5.41, 5.74) is 5.66. The van der Waals surface area contributed by atoms with Crippen LogP contribution < -0.4 is 20.6 Å². The van der Waals surface area contributed by atoms with Crippen molar-refractivity contribution in [2.75, 3.05) is 18.2 Å². The summed E-state index contributed by atoms with van der Waals surface area (Å²) in [7, 11) is 0. The van der Waals surface area contributed by atoms with Crippen LogP contribution in [0.3, 0.4) is 0 Å². The lowest BCUT2D eigenvalue weighted by Crippen LogP contribution is -2.48. The molecule has 1 fully saturated rings. The molecule has 1 saturated heterocycles. The number of benzene rings is 1. The number of hydrogen-bond donors (Lipinski definition) is 2. The van der Waals surface area contributed by atoms with Gasteiger partial charge in [0, 0.05) is 24.2 Å². The van der Waals surface area contributed by atoms with E-state index in [1.807, 2.05) is 35.3 Å². The molecule has 0 aliphatic carbocycles. The first-order valence-corrected chi connectivity index (χ1v) is 9.38. The zero-order valence-electron chi connectivity index (χ0n) is 15.0. The molecule has 6 nitrogen and oxygen atoms in total. The van der Waals surface area contributed by atoms with E-state index in [2.05, 4.69) is 15.7 Å². The summed E-state index contributed by atoms with van der Waals surface area (Å²) in [6.45, 7) is 1.87. The van der Waals surface area contributed by atoms with Crippen molar-refractivity contribution < 1.29 is 9.13 Å². The molecule has 1 aromatic heterocycles. The van der Waals surface area contributed by atoms with Crippen molar-refractivity contribution in [3.63, 3.8) is 0 Å². The number of nitrogens with zero attached hydrogens (tertiary/aromatic N) is 3. The molecule has 3 aliphatic rings. The number of hydrazine groups is 1. The van der Waals surface area contributed by atoms with Crippen LogP contribution in [0.5, 0.6) is 5.75 Å². The van der Waals surface area contributed by atoms with Crippen LogP contribution in [0.15, 0.2) is 49.2 Å². The highest BCUT2D eigenvalue weighted by Crippen LogP contribution is 2.40. The summed E-state index contributed by atoms with van der Waals surface area (Å²) in [6, 6.07) is 3.60. The first kappa shape index (κ1) is 16.4. The molecule has 2 aromatic rings. The third kappa shape index (κ3) is 2.98. The van der Waals surface area contributed by atoms with Crippen LogP contribution in [0.25, 0.3) is 5.70 Å². The topological polar surface area (TPSA) is 54.4 Å². The van der Waals surface area contributed by atoms with Crippen molar-refractivity contribution in [1.29, 1.82) is 0 Å². The number of rotatable bonds is 2. The number of piperidine rings is 1. The van der Waals surface area contributed by atoms with Gasteiger partial charge in [-0.05, 0) is 68.6 Å². The molecular weight excluding hydrogens is 345 g/mol. The van der Waals surface area contributed by atoms with E-state index in [1.54, 1.807) is 23.7 Å². The molecule has 140 valence electrons. The van der Waals surface area contributed by atoms with Crippen LogP contribution in [0.1, 0.15) is 30.4 Å². The highest BCUT2D eigenvalue weighted by Gasteiger charge is 2.38. The molecule has 5 rings (SSSR count). The number of halogens is 1. The molecule has 0 atom stereocenters. The van der Waals surface area contributed by atoms with Crippen molar-refractivity contribution in [3.05, 3.63) is 66.1 Å². The quantitative estimate of drug-likeness (QED) is 0.854. The lowest BCUT2D eigenvalue weighted by molar-refractivity contribution is 0.0131. The van der Waals surface area contributed by atoms with Gasteiger partial charge in [0.25, 0.3) is 0 Å². The molecule has 7 heteroatoms. The minimum absolute atomic E-state index is 0.204. The average Bonchev–Trinajstić information content (AvgIpc) is 3.24. The van der Waals surface area contributed by atoms with Crippen molar-refractivity contribution in [2.45, 2.75) is 31.3 Å². The zero-order chi connectivity index (χ0) is 18.3. The van der Waals surface area contributed by atoms with E-state index in [0.29, 0.717) is 5.75 Å². The van der Waals surface area contributed by atoms with E-state index in [4.69, 9.17) is 4.74 Å². The first-order chi connectivity index (χ1) is 13.2. The first-order valence-electron chi connectivity index (χ1n) is 9.38. The maximum absolute atomic E-state index is 15.0. The smallest absolute Gasteiger partial charge is 0.166 e. The summed E-state index contributed by atoms with van der Waals surface area (Å²) in [6.07, 6.45) is 14.6. The van der Waals surface area contributed by atoms with Gasteiger partial charge in [-0.3, -0.25) is 5.43 Å². The number of aromatic nitrogens is 2. The van der Waals surface area contributed by atoms with Gasteiger partial charge in [0.15, 0.2) is 11.6 Å². The minimum atomic E-state index is -0.286. The number of allylic oxidation sites excluding steroid dienone is 2. The fourth-order valence-electron chi connectivity index (χ4n) is 4.06. The summed E-state index contributed by atoms with van der Waals surface area (Å²) >= 11 is 0. The SMILES string of the molecule is Fc1cc(C2=CC=CN(n3ccnc3)N2)cc2c1OC1(CCNCC1)CC2. The molecule has 2 N–H and O–H groups in total. The van der Waals surface area contributed by atoms with Gasteiger partial charge < -0.3 is 10.1 Å². The predicted octanol–water partition coefficient (Wildman–Crippen LogP) is 2.48.